The van der Waals surface area contributed by atoms with Crippen LogP contribution in [0.5, 0.6) is 0 Å². The number of H-pyrrole nitrogens is 1. The van der Waals surface area contributed by atoms with Crippen molar-refractivity contribution in [2.24, 2.45) is 0 Å². The highest BCUT2D eigenvalue weighted by atomic mass is 19.1. The molecule has 0 aliphatic rings. The fraction of sp³-hybridized carbons (Fsp3) is 0.0588. The Balaban J connectivity index is 1.69. The number of nitrogens with zero attached hydrogens (tertiary/aromatic N) is 1. The number of carbonyl (C=O) groups is 1. The Labute approximate surface area is 127 Å². The largest absolute Gasteiger partial charge is 0.345 e. The average molecular weight is 295 g/mol. The van der Waals surface area contributed by atoms with Crippen LogP contribution >= 0.6 is 0 Å². The number of nitrogens with one attached hydrogen (secondary N) is 2. The van der Waals surface area contributed by atoms with Gasteiger partial charge in [-0.3, -0.25) is 4.79 Å². The summed E-state index contributed by atoms with van der Waals surface area (Å²) < 4.78 is 12.8. The van der Waals surface area contributed by atoms with Crippen LogP contribution in [-0.2, 0) is 11.2 Å². The van der Waals surface area contributed by atoms with Crippen molar-refractivity contribution in [3.8, 4) is 11.3 Å². The van der Waals surface area contributed by atoms with Gasteiger partial charge >= 0.3 is 0 Å². The van der Waals surface area contributed by atoms with Crippen molar-refractivity contribution in [2.45, 2.75) is 6.42 Å². The number of aromatic amines is 1. The maximum absolute atomic E-state index is 12.8. The molecule has 0 atom stereocenters. The molecule has 0 aliphatic carbocycles. The van der Waals surface area contributed by atoms with E-state index in [4.69, 9.17) is 0 Å². The van der Waals surface area contributed by atoms with E-state index in [0.29, 0.717) is 5.69 Å². The lowest BCUT2D eigenvalue weighted by Crippen LogP contribution is -2.14. The molecule has 1 heterocycles. The average Bonchev–Trinajstić information content (AvgIpc) is 3.04. The highest BCUT2D eigenvalue weighted by Crippen LogP contribution is 2.20. The second-order valence-corrected chi connectivity index (χ2v) is 4.90. The van der Waals surface area contributed by atoms with Gasteiger partial charge in [-0.05, 0) is 29.8 Å². The van der Waals surface area contributed by atoms with E-state index >= 15 is 0 Å². The molecule has 0 fully saturated rings. The van der Waals surface area contributed by atoms with Gasteiger partial charge in [-0.1, -0.05) is 24.3 Å². The molecule has 0 radical (unpaired) electrons. The van der Waals surface area contributed by atoms with Crippen LogP contribution < -0.4 is 5.32 Å². The minimum absolute atomic E-state index is 0.145. The van der Waals surface area contributed by atoms with Gasteiger partial charge in [0, 0.05) is 11.3 Å². The molecule has 3 rings (SSSR count). The summed E-state index contributed by atoms with van der Waals surface area (Å²) in [7, 11) is 0. The number of benzene rings is 2. The van der Waals surface area contributed by atoms with Crippen LogP contribution in [0.4, 0.5) is 10.1 Å². The van der Waals surface area contributed by atoms with Crippen LogP contribution in [0.15, 0.2) is 61.1 Å². The third-order valence-corrected chi connectivity index (χ3v) is 3.23. The first kappa shape index (κ1) is 14.0. The van der Waals surface area contributed by atoms with Gasteiger partial charge < -0.3 is 10.3 Å². The molecule has 0 spiro atoms. The SMILES string of the molecule is O=C(Cc1ccc(F)cc1)Nc1cccc(-c2cnc[nH]2)c1. The van der Waals surface area contributed by atoms with Crippen LogP contribution in [0, 0.1) is 5.82 Å². The Morgan fingerprint density at radius 2 is 2.00 bits per heavy atom. The number of amides is 1. The van der Waals surface area contributed by atoms with Crippen molar-refractivity contribution in [1.82, 2.24) is 9.97 Å². The van der Waals surface area contributed by atoms with Gasteiger partial charge in [0.05, 0.1) is 24.6 Å². The molecule has 110 valence electrons. The van der Waals surface area contributed by atoms with E-state index in [2.05, 4.69) is 15.3 Å². The molecule has 0 saturated heterocycles. The second-order valence-electron chi connectivity index (χ2n) is 4.90. The van der Waals surface area contributed by atoms with E-state index in [1.807, 2.05) is 24.3 Å². The molecule has 0 saturated carbocycles. The number of anilines is 1. The fourth-order valence-electron chi connectivity index (χ4n) is 2.17. The number of imidazole rings is 1. The number of hydrogen-bond donors (Lipinski definition) is 2. The van der Waals surface area contributed by atoms with Crippen molar-refractivity contribution in [2.75, 3.05) is 5.32 Å². The number of carbonyl (C=O) groups excluding carboxylic acids is 1. The van der Waals surface area contributed by atoms with Gasteiger partial charge in [-0.25, -0.2) is 9.37 Å². The first-order valence-corrected chi connectivity index (χ1v) is 6.84. The first-order chi connectivity index (χ1) is 10.7. The lowest BCUT2D eigenvalue weighted by molar-refractivity contribution is -0.115. The quantitative estimate of drug-likeness (QED) is 0.775. The normalized spacial score (nSPS) is 10.4. The van der Waals surface area contributed by atoms with Gasteiger partial charge in [-0.2, -0.15) is 0 Å². The topological polar surface area (TPSA) is 57.8 Å². The van der Waals surface area contributed by atoms with E-state index in [1.165, 1.54) is 12.1 Å². The number of halogens is 1. The summed E-state index contributed by atoms with van der Waals surface area (Å²) in [6.07, 6.45) is 3.53. The Morgan fingerprint density at radius 3 is 2.73 bits per heavy atom. The van der Waals surface area contributed by atoms with Gasteiger partial charge in [-0.15, -0.1) is 0 Å². The molecular weight excluding hydrogens is 281 g/mol. The summed E-state index contributed by atoms with van der Waals surface area (Å²) in [5, 5.41) is 2.84. The van der Waals surface area contributed by atoms with Crippen LogP contribution in [0.25, 0.3) is 11.3 Å². The molecule has 0 bridgehead atoms. The number of hydrogen-bond acceptors (Lipinski definition) is 2. The third-order valence-electron chi connectivity index (χ3n) is 3.23. The smallest absolute Gasteiger partial charge is 0.228 e. The summed E-state index contributed by atoms with van der Waals surface area (Å²) in [5.41, 5.74) is 3.30. The fourth-order valence-corrected chi connectivity index (χ4v) is 2.17. The predicted octanol–water partition coefficient (Wildman–Crippen LogP) is 3.40. The summed E-state index contributed by atoms with van der Waals surface area (Å²) >= 11 is 0. The van der Waals surface area contributed by atoms with Crippen LogP contribution in [0.2, 0.25) is 0 Å². The van der Waals surface area contributed by atoms with E-state index in [9.17, 15) is 9.18 Å². The highest BCUT2D eigenvalue weighted by molar-refractivity contribution is 5.92. The zero-order chi connectivity index (χ0) is 15.4. The predicted molar refractivity (Wildman–Crippen MR) is 82.8 cm³/mol. The van der Waals surface area contributed by atoms with Crippen LogP contribution in [0.1, 0.15) is 5.56 Å². The molecule has 2 N–H and O–H groups in total. The lowest BCUT2D eigenvalue weighted by atomic mass is 10.1. The number of aromatic nitrogens is 2. The van der Waals surface area contributed by atoms with E-state index in [0.717, 1.165) is 16.8 Å². The zero-order valence-corrected chi connectivity index (χ0v) is 11.7. The van der Waals surface area contributed by atoms with Crippen LogP contribution in [-0.4, -0.2) is 15.9 Å². The van der Waals surface area contributed by atoms with Crippen molar-refractivity contribution >= 4 is 11.6 Å². The summed E-state index contributed by atoms with van der Waals surface area (Å²) in [6.45, 7) is 0. The summed E-state index contributed by atoms with van der Waals surface area (Å²) in [6, 6.07) is 13.4. The van der Waals surface area contributed by atoms with Crippen LogP contribution in [0.3, 0.4) is 0 Å². The monoisotopic (exact) mass is 295 g/mol. The van der Waals surface area contributed by atoms with Gasteiger partial charge in [0.2, 0.25) is 5.91 Å². The van der Waals surface area contributed by atoms with Crippen molar-refractivity contribution in [3.63, 3.8) is 0 Å². The van der Waals surface area contributed by atoms with Gasteiger partial charge in [0.1, 0.15) is 5.82 Å². The highest BCUT2D eigenvalue weighted by Gasteiger charge is 2.06. The number of rotatable bonds is 4. The second kappa shape index (κ2) is 6.22. The third kappa shape index (κ3) is 3.38. The van der Waals surface area contributed by atoms with Gasteiger partial charge in [0.15, 0.2) is 0 Å². The molecule has 4 nitrogen and oxygen atoms in total. The Kier molecular flexibility index (Phi) is 3.96. The van der Waals surface area contributed by atoms with E-state index < -0.39 is 0 Å². The Morgan fingerprint density at radius 1 is 1.18 bits per heavy atom. The molecule has 2 aromatic carbocycles. The lowest BCUT2D eigenvalue weighted by Gasteiger charge is -2.07. The Hall–Kier alpha value is -2.95. The van der Waals surface area contributed by atoms with Crippen molar-refractivity contribution < 1.29 is 9.18 Å². The molecule has 3 aromatic rings. The van der Waals surface area contributed by atoms with Gasteiger partial charge in [0.25, 0.3) is 0 Å². The summed E-state index contributed by atoms with van der Waals surface area (Å²) in [4.78, 5) is 19.0. The van der Waals surface area contributed by atoms with E-state index in [-0.39, 0.29) is 18.1 Å². The first-order valence-electron chi connectivity index (χ1n) is 6.84. The maximum Gasteiger partial charge on any atom is 0.228 e. The molecule has 0 unspecified atom stereocenters. The standard InChI is InChI=1S/C17H14FN3O/c18-14-6-4-12(5-7-14)8-17(22)21-15-3-1-2-13(9-15)16-10-19-11-20-16/h1-7,9-11H,8H2,(H,19,20)(H,21,22). The summed E-state index contributed by atoms with van der Waals surface area (Å²) in [5.74, 6) is -0.454. The Bertz CT molecular complexity index is 767. The van der Waals surface area contributed by atoms with Crippen molar-refractivity contribution in [3.05, 3.63) is 72.4 Å². The molecular formula is C17H14FN3O. The molecule has 1 amide bonds. The molecule has 22 heavy (non-hydrogen) atoms. The van der Waals surface area contributed by atoms with Crippen molar-refractivity contribution in [1.29, 1.82) is 0 Å². The molecule has 5 heteroatoms. The molecule has 0 aliphatic heterocycles. The minimum atomic E-state index is -0.309. The minimum Gasteiger partial charge on any atom is -0.345 e. The van der Waals surface area contributed by atoms with E-state index in [1.54, 1.807) is 24.7 Å². The molecule has 1 aromatic heterocycles. The maximum atomic E-state index is 12.8. The zero-order valence-electron chi connectivity index (χ0n) is 11.7.